The maximum atomic E-state index is 11.2. The van der Waals surface area contributed by atoms with E-state index in [0.29, 0.717) is 18.3 Å². The second-order valence-corrected chi connectivity index (χ2v) is 11.1. The van der Waals surface area contributed by atoms with E-state index in [1.54, 1.807) is 7.11 Å². The normalized spacial score (nSPS) is 15.4. The third-order valence-corrected chi connectivity index (χ3v) is 8.59. The zero-order valence-electron chi connectivity index (χ0n) is 20.4. The molecule has 0 amide bonds. The lowest BCUT2D eigenvalue weighted by molar-refractivity contribution is -0.136. The molecule has 0 bridgehead atoms. The summed E-state index contributed by atoms with van der Waals surface area (Å²) in [6.45, 7) is 0.344. The fraction of sp³-hybridized carbons (Fsp3) is 0.481. The Kier molecular flexibility index (Phi) is 11.3. The second-order valence-electron chi connectivity index (χ2n) is 8.80. The number of aliphatic carboxylic acids is 2. The number of carbonyl (C=O) groups is 2. The first-order chi connectivity index (χ1) is 17.4. The molecule has 1 aliphatic carbocycles. The van der Waals surface area contributed by atoms with E-state index in [0.717, 1.165) is 65.6 Å². The van der Waals surface area contributed by atoms with E-state index in [9.17, 15) is 14.7 Å². The zero-order valence-corrected chi connectivity index (χ0v) is 22.1. The smallest absolute Gasteiger partial charge is 0.313 e. The summed E-state index contributed by atoms with van der Waals surface area (Å²) in [5.74, 6) is 0.499. The summed E-state index contributed by atoms with van der Waals surface area (Å²) in [6.07, 6.45) is 3.60. The van der Waals surface area contributed by atoms with Crippen LogP contribution in [-0.2, 0) is 16.2 Å². The molecule has 196 valence electrons. The Hall–Kier alpha value is -2.36. The molecule has 0 heterocycles. The van der Waals surface area contributed by atoms with Crippen molar-refractivity contribution < 1.29 is 34.4 Å². The average Bonchev–Trinajstić information content (AvgIpc) is 3.40. The first-order valence-electron chi connectivity index (χ1n) is 12.1. The molecule has 3 rings (SSSR count). The van der Waals surface area contributed by atoms with Crippen LogP contribution in [0.4, 0.5) is 0 Å². The van der Waals surface area contributed by atoms with E-state index in [1.165, 1.54) is 11.8 Å². The van der Waals surface area contributed by atoms with Gasteiger partial charge in [-0.15, -0.1) is 11.8 Å². The van der Waals surface area contributed by atoms with E-state index in [1.807, 2.05) is 36.4 Å². The van der Waals surface area contributed by atoms with Crippen LogP contribution in [0.2, 0.25) is 0 Å². The van der Waals surface area contributed by atoms with E-state index < -0.39 is 23.3 Å². The summed E-state index contributed by atoms with van der Waals surface area (Å²) >= 11 is 2.52. The highest BCUT2D eigenvalue weighted by Gasteiger charge is 2.29. The molecule has 36 heavy (non-hydrogen) atoms. The molecule has 9 heteroatoms. The number of para-hydroxylation sites is 1. The second kappa shape index (κ2) is 14.4. The topological polar surface area (TPSA) is 113 Å². The van der Waals surface area contributed by atoms with Crippen LogP contribution in [0.1, 0.15) is 60.0 Å². The van der Waals surface area contributed by atoms with Gasteiger partial charge in [-0.25, -0.2) is 0 Å². The van der Waals surface area contributed by atoms with Crippen molar-refractivity contribution in [2.45, 2.75) is 56.0 Å². The van der Waals surface area contributed by atoms with Gasteiger partial charge in [0.25, 0.3) is 0 Å². The number of ether oxygens (including phenoxy) is 2. The molecule has 0 saturated heterocycles. The lowest BCUT2D eigenvalue weighted by atomic mass is 9.93. The van der Waals surface area contributed by atoms with Gasteiger partial charge < -0.3 is 24.8 Å². The van der Waals surface area contributed by atoms with Crippen molar-refractivity contribution in [1.29, 1.82) is 0 Å². The number of rotatable bonds is 15. The van der Waals surface area contributed by atoms with Crippen LogP contribution in [0.3, 0.4) is 0 Å². The van der Waals surface area contributed by atoms with Crippen LogP contribution in [0.25, 0.3) is 0 Å². The first kappa shape index (κ1) is 28.2. The molecule has 7 nitrogen and oxygen atoms in total. The third kappa shape index (κ3) is 8.35. The summed E-state index contributed by atoms with van der Waals surface area (Å²) in [5, 5.41) is 28.8. The maximum Gasteiger partial charge on any atom is 0.313 e. The summed E-state index contributed by atoms with van der Waals surface area (Å²) in [7, 11) is 1.62. The molecule has 1 aliphatic rings. The fourth-order valence-electron chi connectivity index (χ4n) is 4.44. The monoisotopic (exact) mass is 534 g/mol. The third-order valence-electron chi connectivity index (χ3n) is 6.20. The molecule has 0 spiro atoms. The summed E-state index contributed by atoms with van der Waals surface area (Å²) in [5.41, 5.74) is 2.93. The zero-order chi connectivity index (χ0) is 25.9. The van der Waals surface area contributed by atoms with Crippen molar-refractivity contribution in [3.63, 3.8) is 0 Å². The molecule has 2 atom stereocenters. The summed E-state index contributed by atoms with van der Waals surface area (Å²) < 4.78 is 11.7. The van der Waals surface area contributed by atoms with Crippen LogP contribution in [0, 0.1) is 0 Å². The van der Waals surface area contributed by atoms with Crippen molar-refractivity contribution in [2.75, 3.05) is 24.4 Å². The van der Waals surface area contributed by atoms with Gasteiger partial charge in [-0.2, -0.15) is 11.8 Å². The molecule has 3 N–H and O–H groups in total. The van der Waals surface area contributed by atoms with E-state index in [2.05, 4.69) is 6.07 Å². The minimum absolute atomic E-state index is 0.0273. The first-order valence-corrected chi connectivity index (χ1v) is 14.3. The van der Waals surface area contributed by atoms with E-state index >= 15 is 0 Å². The van der Waals surface area contributed by atoms with Crippen LogP contribution < -0.4 is 9.47 Å². The Bertz CT molecular complexity index is 990. The van der Waals surface area contributed by atoms with Crippen molar-refractivity contribution in [1.82, 2.24) is 0 Å². The number of aliphatic hydroxyl groups is 1. The standard InChI is InChI=1S/C27H34O7S2/c1-33-20-11-9-18(10-12-20)15-34-26-21(19-5-2-3-6-19)7-4-8-22(26)27(36-14-13-24(29)30)23(28)16-35-17-25(31)32/h4,7-12,19,23,27-28H,2-3,5-6,13-17H2,1H3,(H,29,30)(H,31,32). The van der Waals surface area contributed by atoms with Gasteiger partial charge in [0, 0.05) is 17.1 Å². The maximum absolute atomic E-state index is 11.2. The van der Waals surface area contributed by atoms with E-state index in [-0.39, 0.29) is 17.9 Å². The Morgan fingerprint density at radius 2 is 1.78 bits per heavy atom. The predicted octanol–water partition coefficient (Wildman–Crippen LogP) is 5.36. The quantitative estimate of drug-likeness (QED) is 0.278. The van der Waals surface area contributed by atoms with Crippen molar-refractivity contribution in [3.8, 4) is 11.5 Å². The fourth-order valence-corrected chi connectivity index (χ4v) is 6.51. The van der Waals surface area contributed by atoms with Gasteiger partial charge in [0.2, 0.25) is 0 Å². The number of benzene rings is 2. The van der Waals surface area contributed by atoms with Gasteiger partial charge >= 0.3 is 11.9 Å². The van der Waals surface area contributed by atoms with Gasteiger partial charge in [0.15, 0.2) is 0 Å². The molecule has 2 aromatic carbocycles. The van der Waals surface area contributed by atoms with Crippen molar-refractivity contribution in [2.24, 2.45) is 0 Å². The molecular formula is C27H34O7S2. The van der Waals surface area contributed by atoms with Crippen LogP contribution in [-0.4, -0.2) is 57.7 Å². The SMILES string of the molecule is COc1ccc(COc2c(C3CCCC3)cccc2C(SCCC(=O)O)C(O)CSCC(=O)O)cc1. The molecule has 0 radical (unpaired) electrons. The molecule has 2 unspecified atom stereocenters. The predicted molar refractivity (Wildman–Crippen MR) is 143 cm³/mol. The highest BCUT2D eigenvalue weighted by molar-refractivity contribution is 8.00. The lowest BCUT2D eigenvalue weighted by Crippen LogP contribution is -2.21. The Morgan fingerprint density at radius 3 is 2.42 bits per heavy atom. The summed E-state index contributed by atoms with van der Waals surface area (Å²) in [6, 6.07) is 13.7. The average molecular weight is 535 g/mol. The minimum Gasteiger partial charge on any atom is -0.497 e. The van der Waals surface area contributed by atoms with Gasteiger partial charge in [-0.3, -0.25) is 9.59 Å². The largest absolute Gasteiger partial charge is 0.497 e. The van der Waals surface area contributed by atoms with Gasteiger partial charge in [0.05, 0.1) is 30.6 Å². The van der Waals surface area contributed by atoms with Gasteiger partial charge in [-0.1, -0.05) is 43.2 Å². The number of thioether (sulfide) groups is 2. The summed E-state index contributed by atoms with van der Waals surface area (Å²) in [4.78, 5) is 22.1. The Balaban J connectivity index is 1.91. The molecular weight excluding hydrogens is 500 g/mol. The van der Waals surface area contributed by atoms with Crippen LogP contribution in [0.15, 0.2) is 42.5 Å². The van der Waals surface area contributed by atoms with Crippen molar-refractivity contribution >= 4 is 35.5 Å². The Labute approximate surface area is 220 Å². The number of carboxylic acid groups (broad SMARTS) is 2. The number of methoxy groups -OCH3 is 1. The number of hydrogen-bond acceptors (Lipinski definition) is 7. The molecule has 1 saturated carbocycles. The Morgan fingerprint density at radius 1 is 1.06 bits per heavy atom. The molecule has 0 aromatic heterocycles. The number of aliphatic hydroxyl groups excluding tert-OH is 1. The highest BCUT2D eigenvalue weighted by atomic mass is 32.2. The number of hydrogen-bond donors (Lipinski definition) is 3. The van der Waals surface area contributed by atoms with Crippen LogP contribution >= 0.6 is 23.5 Å². The van der Waals surface area contributed by atoms with Gasteiger partial charge in [-0.05, 0) is 42.0 Å². The van der Waals surface area contributed by atoms with E-state index in [4.69, 9.17) is 19.7 Å². The number of carboxylic acids is 2. The molecule has 0 aliphatic heterocycles. The lowest BCUT2D eigenvalue weighted by Gasteiger charge is -2.27. The highest BCUT2D eigenvalue weighted by Crippen LogP contribution is 2.46. The molecule has 2 aromatic rings. The van der Waals surface area contributed by atoms with Gasteiger partial charge in [0.1, 0.15) is 18.1 Å². The molecule has 1 fully saturated rings. The van der Waals surface area contributed by atoms with Crippen LogP contribution in [0.5, 0.6) is 11.5 Å². The van der Waals surface area contributed by atoms with Crippen molar-refractivity contribution in [3.05, 3.63) is 59.2 Å². The minimum atomic E-state index is -0.936.